The number of nitrogens with one attached hydrogen (secondary N) is 1. The van der Waals surface area contributed by atoms with E-state index in [1.165, 1.54) is 0 Å². The quantitative estimate of drug-likeness (QED) is 0.580. The van der Waals surface area contributed by atoms with Gasteiger partial charge in [0, 0.05) is 25.6 Å². The molecule has 34 heavy (non-hydrogen) atoms. The van der Waals surface area contributed by atoms with Crippen molar-refractivity contribution < 1.29 is 23.9 Å². The molecule has 0 spiro atoms. The zero-order valence-corrected chi connectivity index (χ0v) is 19.9. The number of rotatable bonds is 10. The summed E-state index contributed by atoms with van der Waals surface area (Å²) in [4.78, 5) is 41.7. The Bertz CT molecular complexity index is 958. The number of likely N-dealkylation sites (tertiary alicyclic amines) is 1. The van der Waals surface area contributed by atoms with Crippen molar-refractivity contribution in [3.05, 3.63) is 54.6 Å². The average molecular weight is 468 g/mol. The Hall–Kier alpha value is -3.55. The molecule has 182 valence electrons. The van der Waals surface area contributed by atoms with Crippen LogP contribution < -0.4 is 14.8 Å². The number of ether oxygens (including phenoxy) is 2. The average Bonchev–Trinajstić information content (AvgIpc) is 2.87. The number of carbonyl (C=O) groups excluding carboxylic acids is 3. The summed E-state index contributed by atoms with van der Waals surface area (Å²) >= 11 is 0. The summed E-state index contributed by atoms with van der Waals surface area (Å²) in [6.45, 7) is 3.44. The number of hydrogen-bond acceptors (Lipinski definition) is 5. The first-order valence-corrected chi connectivity index (χ1v) is 11.7. The van der Waals surface area contributed by atoms with Crippen LogP contribution in [0.25, 0.3) is 0 Å². The van der Waals surface area contributed by atoms with Gasteiger partial charge in [0.25, 0.3) is 5.91 Å². The lowest BCUT2D eigenvalue weighted by molar-refractivity contribution is -0.142. The van der Waals surface area contributed by atoms with Gasteiger partial charge in [-0.15, -0.1) is 0 Å². The molecule has 3 amide bonds. The van der Waals surface area contributed by atoms with E-state index < -0.39 is 0 Å². The molecule has 3 rings (SSSR count). The highest BCUT2D eigenvalue weighted by molar-refractivity contribution is 5.96. The summed E-state index contributed by atoms with van der Waals surface area (Å²) < 4.78 is 10.8. The van der Waals surface area contributed by atoms with Crippen LogP contribution in [0, 0.1) is 5.92 Å². The third kappa shape index (κ3) is 6.97. The fraction of sp³-hybridized carbons (Fsp3) is 0.423. The summed E-state index contributed by atoms with van der Waals surface area (Å²) in [7, 11) is 1.54. The van der Waals surface area contributed by atoms with Crippen LogP contribution in [0.3, 0.4) is 0 Å². The lowest BCUT2D eigenvalue weighted by atomic mass is 9.95. The Morgan fingerprint density at radius 2 is 1.71 bits per heavy atom. The molecule has 0 radical (unpaired) electrons. The minimum atomic E-state index is -0.267. The van der Waals surface area contributed by atoms with E-state index in [9.17, 15) is 14.4 Å². The molecule has 1 saturated heterocycles. The molecule has 1 N–H and O–H groups in total. The molecule has 0 unspecified atom stereocenters. The molecule has 0 saturated carbocycles. The van der Waals surface area contributed by atoms with E-state index in [1.807, 2.05) is 49.4 Å². The zero-order chi connectivity index (χ0) is 24.3. The van der Waals surface area contributed by atoms with E-state index in [1.54, 1.807) is 29.0 Å². The van der Waals surface area contributed by atoms with E-state index in [4.69, 9.17) is 9.47 Å². The lowest BCUT2D eigenvalue weighted by Crippen LogP contribution is -2.47. The van der Waals surface area contributed by atoms with Crippen LogP contribution in [0.1, 0.15) is 26.2 Å². The SMILES string of the molecule is CCCN(CC(=O)Nc1ccccc1OC)C(=O)C1CCN(C(=O)COc2ccccc2)CC1. The minimum Gasteiger partial charge on any atom is -0.495 e. The van der Waals surface area contributed by atoms with Crippen molar-refractivity contribution in [3.63, 3.8) is 0 Å². The number of piperidine rings is 1. The highest BCUT2D eigenvalue weighted by Gasteiger charge is 2.31. The maximum absolute atomic E-state index is 13.2. The van der Waals surface area contributed by atoms with Crippen molar-refractivity contribution in [3.8, 4) is 11.5 Å². The van der Waals surface area contributed by atoms with Crippen LogP contribution in [0.4, 0.5) is 5.69 Å². The Morgan fingerprint density at radius 1 is 1.03 bits per heavy atom. The van der Waals surface area contributed by atoms with E-state index >= 15 is 0 Å². The van der Waals surface area contributed by atoms with Gasteiger partial charge in [-0.3, -0.25) is 14.4 Å². The second-order valence-electron chi connectivity index (χ2n) is 8.27. The summed E-state index contributed by atoms with van der Waals surface area (Å²) in [5, 5.41) is 2.83. The first kappa shape index (κ1) is 25.1. The van der Waals surface area contributed by atoms with E-state index in [0.29, 0.717) is 49.7 Å². The molecular weight excluding hydrogens is 434 g/mol. The van der Waals surface area contributed by atoms with Crippen LogP contribution in [-0.4, -0.2) is 67.4 Å². The standard InChI is InChI=1S/C26H33N3O5/c1-3-15-29(18-24(30)27-22-11-7-8-12-23(22)33-2)26(32)20-13-16-28(17-14-20)25(31)19-34-21-9-5-4-6-10-21/h4-12,20H,3,13-19H2,1-2H3,(H,27,30). The van der Waals surface area contributed by atoms with Gasteiger partial charge in [0.1, 0.15) is 11.5 Å². The topological polar surface area (TPSA) is 88.2 Å². The number of methoxy groups -OCH3 is 1. The summed E-state index contributed by atoms with van der Waals surface area (Å²) in [6, 6.07) is 16.4. The predicted octanol–water partition coefficient (Wildman–Crippen LogP) is 3.19. The van der Waals surface area contributed by atoms with Crippen molar-refractivity contribution in [2.45, 2.75) is 26.2 Å². The number of benzene rings is 2. The maximum Gasteiger partial charge on any atom is 0.260 e. The van der Waals surface area contributed by atoms with Crippen LogP contribution in [0.15, 0.2) is 54.6 Å². The van der Waals surface area contributed by atoms with Gasteiger partial charge in [-0.05, 0) is 43.5 Å². The number of amides is 3. The normalized spacial score (nSPS) is 13.8. The molecule has 8 heteroatoms. The first-order valence-electron chi connectivity index (χ1n) is 11.7. The summed E-state index contributed by atoms with van der Waals surface area (Å²) in [5.41, 5.74) is 0.573. The van der Waals surface area contributed by atoms with Crippen LogP contribution >= 0.6 is 0 Å². The number of para-hydroxylation sites is 3. The van der Waals surface area contributed by atoms with Crippen molar-refractivity contribution in [1.29, 1.82) is 0 Å². The van der Waals surface area contributed by atoms with Crippen molar-refractivity contribution in [1.82, 2.24) is 9.80 Å². The van der Waals surface area contributed by atoms with Gasteiger partial charge < -0.3 is 24.6 Å². The highest BCUT2D eigenvalue weighted by atomic mass is 16.5. The molecule has 2 aromatic carbocycles. The number of nitrogens with zero attached hydrogens (tertiary/aromatic N) is 2. The Morgan fingerprint density at radius 3 is 2.38 bits per heavy atom. The summed E-state index contributed by atoms with van der Waals surface area (Å²) in [5.74, 6) is 0.628. The summed E-state index contributed by atoms with van der Waals surface area (Å²) in [6.07, 6.45) is 1.90. The van der Waals surface area contributed by atoms with E-state index in [-0.39, 0.29) is 36.8 Å². The number of carbonyl (C=O) groups is 3. The van der Waals surface area contributed by atoms with Crippen molar-refractivity contribution in [2.24, 2.45) is 5.92 Å². The molecule has 1 heterocycles. The van der Waals surface area contributed by atoms with Crippen LogP contribution in [0.5, 0.6) is 11.5 Å². The molecular formula is C26H33N3O5. The number of anilines is 1. The molecule has 0 bridgehead atoms. The highest BCUT2D eigenvalue weighted by Crippen LogP contribution is 2.24. The molecule has 1 aliphatic heterocycles. The third-order valence-electron chi connectivity index (χ3n) is 5.82. The van der Waals surface area contributed by atoms with Crippen LogP contribution in [0.2, 0.25) is 0 Å². The van der Waals surface area contributed by atoms with Gasteiger partial charge >= 0.3 is 0 Å². The van der Waals surface area contributed by atoms with Crippen molar-refractivity contribution >= 4 is 23.4 Å². The van der Waals surface area contributed by atoms with Crippen LogP contribution in [-0.2, 0) is 14.4 Å². The van der Waals surface area contributed by atoms with Gasteiger partial charge in [0.05, 0.1) is 19.3 Å². The first-order chi connectivity index (χ1) is 16.5. The molecule has 8 nitrogen and oxygen atoms in total. The van der Waals surface area contributed by atoms with Gasteiger partial charge in [-0.1, -0.05) is 37.3 Å². The molecule has 2 aromatic rings. The Kier molecular flexibility index (Phi) is 9.31. The lowest BCUT2D eigenvalue weighted by Gasteiger charge is -2.34. The molecule has 1 fully saturated rings. The van der Waals surface area contributed by atoms with Gasteiger partial charge in [0.2, 0.25) is 11.8 Å². The maximum atomic E-state index is 13.2. The number of hydrogen-bond donors (Lipinski definition) is 1. The minimum absolute atomic E-state index is 0.0191. The fourth-order valence-corrected chi connectivity index (χ4v) is 4.04. The van der Waals surface area contributed by atoms with Gasteiger partial charge in [0.15, 0.2) is 6.61 Å². The second kappa shape index (κ2) is 12.6. The molecule has 1 aliphatic rings. The van der Waals surface area contributed by atoms with E-state index in [2.05, 4.69) is 5.32 Å². The van der Waals surface area contributed by atoms with Gasteiger partial charge in [-0.2, -0.15) is 0 Å². The predicted molar refractivity (Wildman–Crippen MR) is 130 cm³/mol. The third-order valence-corrected chi connectivity index (χ3v) is 5.82. The largest absolute Gasteiger partial charge is 0.495 e. The molecule has 0 aliphatic carbocycles. The Labute approximate surface area is 200 Å². The Balaban J connectivity index is 1.50. The molecule has 0 atom stereocenters. The zero-order valence-electron chi connectivity index (χ0n) is 19.9. The smallest absolute Gasteiger partial charge is 0.260 e. The van der Waals surface area contributed by atoms with E-state index in [0.717, 1.165) is 6.42 Å². The fourth-order valence-electron chi connectivity index (χ4n) is 4.04. The second-order valence-corrected chi connectivity index (χ2v) is 8.27. The monoisotopic (exact) mass is 467 g/mol. The van der Waals surface area contributed by atoms with Gasteiger partial charge in [-0.25, -0.2) is 0 Å². The van der Waals surface area contributed by atoms with Crippen molar-refractivity contribution in [2.75, 3.05) is 45.2 Å². The molecule has 0 aromatic heterocycles.